The van der Waals surface area contributed by atoms with Crippen LogP contribution in [0.4, 0.5) is 5.95 Å². The van der Waals surface area contributed by atoms with Gasteiger partial charge in [-0.15, -0.1) is 0 Å². The fourth-order valence-corrected chi connectivity index (χ4v) is 3.78. The molecule has 134 valence electrons. The normalized spacial score (nSPS) is 16.6. The van der Waals surface area contributed by atoms with E-state index in [1.165, 1.54) is 5.57 Å². The lowest BCUT2D eigenvalue weighted by Crippen LogP contribution is -2.25. The van der Waals surface area contributed by atoms with Crippen LogP contribution in [0, 0.1) is 13.8 Å². The van der Waals surface area contributed by atoms with Crippen molar-refractivity contribution in [3.8, 4) is 0 Å². The molecule has 1 aromatic carbocycles. The van der Waals surface area contributed by atoms with Crippen molar-refractivity contribution in [1.82, 2.24) is 30.0 Å². The standard InChI is InChI=1S/C18H20ClN7/c1-5-14-16(12-6-8-13(19)9-7-12)20-18-21-23-24-26(18)17(14)15-10(2)22-25(4)11(15)3/h6-9,17H,5H2,1-4H3,(H,20,21,24)/t17-/m1/s1. The monoisotopic (exact) mass is 369 g/mol. The van der Waals surface area contributed by atoms with Crippen molar-refractivity contribution in [3.63, 3.8) is 0 Å². The number of allylic oxidation sites excluding steroid dienone is 1. The highest BCUT2D eigenvalue weighted by molar-refractivity contribution is 6.30. The number of aryl methyl sites for hydroxylation is 2. The number of rotatable bonds is 3. The Balaban J connectivity index is 1.97. The maximum absolute atomic E-state index is 6.07. The van der Waals surface area contributed by atoms with Gasteiger partial charge >= 0.3 is 0 Å². The van der Waals surface area contributed by atoms with Gasteiger partial charge in [-0.05, 0) is 54.0 Å². The van der Waals surface area contributed by atoms with Gasteiger partial charge in [0.2, 0.25) is 5.95 Å². The number of hydrogen-bond donors (Lipinski definition) is 1. The van der Waals surface area contributed by atoms with Gasteiger partial charge in [-0.25, -0.2) is 0 Å². The first kappa shape index (κ1) is 16.8. The molecule has 0 fully saturated rings. The molecular weight excluding hydrogens is 350 g/mol. The smallest absolute Gasteiger partial charge is 0.248 e. The zero-order valence-corrected chi connectivity index (χ0v) is 15.9. The average Bonchev–Trinajstić information content (AvgIpc) is 3.19. The third-order valence-corrected chi connectivity index (χ3v) is 5.23. The van der Waals surface area contributed by atoms with Crippen molar-refractivity contribution in [2.75, 3.05) is 5.32 Å². The van der Waals surface area contributed by atoms with Crippen LogP contribution in [0.15, 0.2) is 29.8 Å². The maximum Gasteiger partial charge on any atom is 0.248 e. The van der Waals surface area contributed by atoms with Crippen LogP contribution in [-0.2, 0) is 7.05 Å². The first-order chi connectivity index (χ1) is 12.5. The van der Waals surface area contributed by atoms with E-state index < -0.39 is 0 Å². The van der Waals surface area contributed by atoms with Crippen LogP contribution in [0.25, 0.3) is 5.70 Å². The first-order valence-corrected chi connectivity index (χ1v) is 8.93. The first-order valence-electron chi connectivity index (χ1n) is 8.55. The maximum atomic E-state index is 6.07. The summed E-state index contributed by atoms with van der Waals surface area (Å²) < 4.78 is 3.75. The number of halogens is 1. The minimum absolute atomic E-state index is 0.0920. The SMILES string of the molecule is CCC1=C(c2ccc(Cl)cc2)Nc2nnnn2[C@H]1c1c(C)nn(C)c1C. The number of tetrazole rings is 1. The Bertz CT molecular complexity index is 997. The van der Waals surface area contributed by atoms with Crippen LogP contribution < -0.4 is 5.32 Å². The Hall–Kier alpha value is -2.67. The molecule has 1 atom stereocenters. The summed E-state index contributed by atoms with van der Waals surface area (Å²) in [6.45, 7) is 6.26. The third kappa shape index (κ3) is 2.50. The van der Waals surface area contributed by atoms with Crippen molar-refractivity contribution in [2.45, 2.75) is 33.2 Å². The van der Waals surface area contributed by atoms with Gasteiger partial charge in [-0.1, -0.05) is 35.8 Å². The molecule has 4 rings (SSSR count). The lowest BCUT2D eigenvalue weighted by Gasteiger charge is -2.30. The summed E-state index contributed by atoms with van der Waals surface area (Å²) >= 11 is 6.07. The molecule has 7 nitrogen and oxygen atoms in total. The number of benzene rings is 1. The zero-order valence-electron chi connectivity index (χ0n) is 15.2. The summed E-state index contributed by atoms with van der Waals surface area (Å²) in [4.78, 5) is 0. The third-order valence-electron chi connectivity index (χ3n) is 4.98. The van der Waals surface area contributed by atoms with Gasteiger partial charge in [0.15, 0.2) is 0 Å². The highest BCUT2D eigenvalue weighted by atomic mass is 35.5. The van der Waals surface area contributed by atoms with Gasteiger partial charge in [-0.3, -0.25) is 4.68 Å². The predicted octanol–water partition coefficient (Wildman–Crippen LogP) is 3.51. The van der Waals surface area contributed by atoms with E-state index in [9.17, 15) is 0 Å². The molecule has 0 spiro atoms. The number of hydrogen-bond acceptors (Lipinski definition) is 5. The second-order valence-electron chi connectivity index (χ2n) is 6.44. The van der Waals surface area contributed by atoms with Crippen LogP contribution in [0.1, 0.15) is 41.9 Å². The van der Waals surface area contributed by atoms with Crippen LogP contribution in [0.3, 0.4) is 0 Å². The van der Waals surface area contributed by atoms with Crippen molar-refractivity contribution in [3.05, 3.63) is 57.4 Å². The molecule has 0 bridgehead atoms. The van der Waals surface area contributed by atoms with Crippen LogP contribution in [0.5, 0.6) is 0 Å². The quantitative estimate of drug-likeness (QED) is 0.764. The highest BCUT2D eigenvalue weighted by Crippen LogP contribution is 2.41. The summed E-state index contributed by atoms with van der Waals surface area (Å²) in [6.07, 6.45) is 0.850. The molecule has 1 aliphatic heterocycles. The zero-order chi connectivity index (χ0) is 18.4. The minimum Gasteiger partial charge on any atom is -0.322 e. The number of nitrogens with one attached hydrogen (secondary N) is 1. The summed E-state index contributed by atoms with van der Waals surface area (Å²) in [6, 6.07) is 7.73. The largest absolute Gasteiger partial charge is 0.322 e. The molecule has 3 heterocycles. The molecule has 0 saturated heterocycles. The molecule has 2 aromatic heterocycles. The van der Waals surface area contributed by atoms with Gasteiger partial charge in [0.05, 0.1) is 5.69 Å². The van der Waals surface area contributed by atoms with E-state index in [1.807, 2.05) is 47.6 Å². The lowest BCUT2D eigenvalue weighted by molar-refractivity contribution is 0.547. The molecule has 26 heavy (non-hydrogen) atoms. The van der Waals surface area contributed by atoms with E-state index in [0.717, 1.165) is 34.6 Å². The molecule has 0 amide bonds. The molecule has 1 N–H and O–H groups in total. The molecule has 8 heteroatoms. The summed E-state index contributed by atoms with van der Waals surface area (Å²) in [5.41, 5.74) is 6.54. The Morgan fingerprint density at radius 3 is 2.54 bits per heavy atom. The van der Waals surface area contributed by atoms with Crippen LogP contribution >= 0.6 is 11.6 Å². The van der Waals surface area contributed by atoms with Gasteiger partial charge in [0.25, 0.3) is 0 Å². The van der Waals surface area contributed by atoms with Gasteiger partial charge < -0.3 is 5.32 Å². The Kier molecular flexibility index (Phi) is 4.03. The van der Waals surface area contributed by atoms with Gasteiger partial charge in [0.1, 0.15) is 6.04 Å². The number of fused-ring (bicyclic) bond motifs is 1. The summed E-state index contributed by atoms with van der Waals surface area (Å²) in [5, 5.41) is 21.0. The van der Waals surface area contributed by atoms with E-state index in [2.05, 4.69) is 39.8 Å². The van der Waals surface area contributed by atoms with E-state index in [-0.39, 0.29) is 6.04 Å². The fourth-order valence-electron chi connectivity index (χ4n) is 3.65. The number of aromatic nitrogens is 6. The van der Waals surface area contributed by atoms with Crippen molar-refractivity contribution < 1.29 is 0 Å². The molecular formula is C18H20ClN7. The number of anilines is 1. The van der Waals surface area contributed by atoms with Crippen LogP contribution in [0.2, 0.25) is 5.02 Å². The number of nitrogens with zero attached hydrogens (tertiary/aromatic N) is 6. The topological polar surface area (TPSA) is 73.5 Å². The van der Waals surface area contributed by atoms with Crippen molar-refractivity contribution >= 4 is 23.2 Å². The van der Waals surface area contributed by atoms with E-state index in [4.69, 9.17) is 11.6 Å². The molecule has 0 saturated carbocycles. The van der Waals surface area contributed by atoms with Crippen molar-refractivity contribution in [1.29, 1.82) is 0 Å². The van der Waals surface area contributed by atoms with E-state index in [0.29, 0.717) is 11.0 Å². The van der Waals surface area contributed by atoms with Crippen LogP contribution in [-0.4, -0.2) is 30.0 Å². The Labute approximate surface area is 156 Å². The highest BCUT2D eigenvalue weighted by Gasteiger charge is 2.34. The van der Waals surface area contributed by atoms with Gasteiger partial charge in [0, 0.05) is 29.0 Å². The molecule has 0 radical (unpaired) electrons. The van der Waals surface area contributed by atoms with E-state index in [1.54, 1.807) is 0 Å². The molecule has 0 unspecified atom stereocenters. The second kappa shape index (κ2) is 6.25. The molecule has 0 aliphatic carbocycles. The summed E-state index contributed by atoms with van der Waals surface area (Å²) in [5.74, 6) is 0.625. The Morgan fingerprint density at radius 2 is 1.92 bits per heavy atom. The van der Waals surface area contributed by atoms with E-state index >= 15 is 0 Å². The lowest BCUT2D eigenvalue weighted by atomic mass is 9.90. The summed E-state index contributed by atoms with van der Waals surface area (Å²) in [7, 11) is 1.96. The van der Waals surface area contributed by atoms with Crippen molar-refractivity contribution in [2.24, 2.45) is 7.05 Å². The predicted molar refractivity (Wildman–Crippen MR) is 101 cm³/mol. The molecule has 3 aromatic rings. The van der Waals surface area contributed by atoms with Gasteiger partial charge in [-0.2, -0.15) is 9.78 Å². The molecule has 1 aliphatic rings. The fraction of sp³-hybridized carbons (Fsp3) is 0.333. The minimum atomic E-state index is -0.0920. The Morgan fingerprint density at radius 1 is 1.19 bits per heavy atom. The second-order valence-corrected chi connectivity index (χ2v) is 6.88. The average molecular weight is 370 g/mol.